The summed E-state index contributed by atoms with van der Waals surface area (Å²) in [6, 6.07) is 5.38. The maximum Gasteiger partial charge on any atom is 0.229 e. The Bertz CT molecular complexity index is 915. The lowest BCUT2D eigenvalue weighted by Crippen LogP contribution is -2.37. The number of pyridine rings is 2. The molecule has 1 amide bonds. The van der Waals surface area contributed by atoms with Gasteiger partial charge in [-0.15, -0.1) is 0 Å². The quantitative estimate of drug-likeness (QED) is 0.593. The van der Waals surface area contributed by atoms with E-state index < -0.39 is 0 Å². The number of amides is 1. The highest BCUT2D eigenvalue weighted by Crippen LogP contribution is 2.31. The summed E-state index contributed by atoms with van der Waals surface area (Å²) in [5.74, 6) is 1.54. The summed E-state index contributed by atoms with van der Waals surface area (Å²) in [5.41, 5.74) is 1.36. The average Bonchev–Trinajstić information content (AvgIpc) is 2.81. The molecule has 166 valence electrons. The van der Waals surface area contributed by atoms with E-state index in [2.05, 4.69) is 25.9 Å². The summed E-state index contributed by atoms with van der Waals surface area (Å²) in [4.78, 5) is 21.5. The summed E-state index contributed by atoms with van der Waals surface area (Å²) in [6.45, 7) is 4.03. The third kappa shape index (κ3) is 5.86. The molecule has 0 saturated carbocycles. The van der Waals surface area contributed by atoms with E-state index in [9.17, 15) is 4.79 Å². The van der Waals surface area contributed by atoms with E-state index in [4.69, 9.17) is 27.9 Å². The van der Waals surface area contributed by atoms with Gasteiger partial charge in [0.25, 0.3) is 0 Å². The lowest BCUT2D eigenvalue weighted by Gasteiger charge is -2.23. The van der Waals surface area contributed by atoms with Gasteiger partial charge in [0.2, 0.25) is 5.91 Å². The zero-order valence-electron chi connectivity index (χ0n) is 17.3. The zero-order valence-corrected chi connectivity index (χ0v) is 18.8. The number of nitrogens with one attached hydrogen (secondary N) is 3. The van der Waals surface area contributed by atoms with Gasteiger partial charge in [-0.3, -0.25) is 4.79 Å². The fraction of sp³-hybridized carbons (Fsp3) is 0.500. The zero-order chi connectivity index (χ0) is 21.6. The molecule has 1 atom stereocenters. The normalized spacial score (nSPS) is 19.7. The van der Waals surface area contributed by atoms with Crippen molar-refractivity contribution < 1.29 is 9.53 Å². The van der Waals surface area contributed by atoms with E-state index in [0.717, 1.165) is 52.0 Å². The van der Waals surface area contributed by atoms with Gasteiger partial charge >= 0.3 is 0 Å². The number of carbonyl (C=O) groups excluding carboxylic acids is 1. The number of hydrogen-bond donors (Lipinski definition) is 3. The Hall–Kier alpha value is -1.93. The Morgan fingerprint density at radius 3 is 2.81 bits per heavy atom. The van der Waals surface area contributed by atoms with Crippen molar-refractivity contribution in [2.75, 3.05) is 43.5 Å². The van der Waals surface area contributed by atoms with Crippen LogP contribution in [0.1, 0.15) is 25.7 Å². The lowest BCUT2D eigenvalue weighted by molar-refractivity contribution is -0.120. The number of halogens is 2. The van der Waals surface area contributed by atoms with Crippen LogP contribution in [-0.4, -0.2) is 48.7 Å². The molecular weight excluding hydrogens is 437 g/mol. The SMILES string of the molecule is O=C(Nc1cc(-c2ccc(Cl)c(NCC3CCOCC3)n2)c(Cl)cn1)[C@@H]1CCCNC1. The minimum atomic E-state index is -0.0516. The van der Waals surface area contributed by atoms with Gasteiger partial charge < -0.3 is 20.7 Å². The minimum absolute atomic E-state index is 0.0316. The number of aromatic nitrogens is 2. The topological polar surface area (TPSA) is 88.2 Å². The molecule has 0 radical (unpaired) electrons. The Morgan fingerprint density at radius 2 is 2.03 bits per heavy atom. The molecule has 3 N–H and O–H groups in total. The summed E-state index contributed by atoms with van der Waals surface area (Å²) >= 11 is 12.8. The molecule has 0 aliphatic carbocycles. The van der Waals surface area contributed by atoms with E-state index in [1.807, 2.05) is 6.07 Å². The molecule has 0 aromatic carbocycles. The van der Waals surface area contributed by atoms with E-state index in [-0.39, 0.29) is 11.8 Å². The van der Waals surface area contributed by atoms with E-state index in [1.54, 1.807) is 12.1 Å². The molecule has 9 heteroatoms. The number of carbonyl (C=O) groups is 1. The van der Waals surface area contributed by atoms with Gasteiger partial charge in [-0.05, 0) is 56.3 Å². The van der Waals surface area contributed by atoms with E-state index >= 15 is 0 Å². The van der Waals surface area contributed by atoms with Gasteiger partial charge in [-0.2, -0.15) is 0 Å². The molecule has 31 heavy (non-hydrogen) atoms. The van der Waals surface area contributed by atoms with Crippen LogP contribution in [0.2, 0.25) is 10.0 Å². The Morgan fingerprint density at radius 1 is 1.19 bits per heavy atom. The molecule has 0 spiro atoms. The molecule has 2 saturated heterocycles. The Balaban J connectivity index is 1.48. The molecule has 4 rings (SSSR count). The molecular formula is C22H27Cl2N5O2. The molecule has 2 aliphatic heterocycles. The van der Waals surface area contributed by atoms with Gasteiger partial charge in [0, 0.05) is 38.1 Å². The van der Waals surface area contributed by atoms with E-state index in [0.29, 0.717) is 45.4 Å². The summed E-state index contributed by atoms with van der Waals surface area (Å²) in [7, 11) is 0. The fourth-order valence-corrected chi connectivity index (χ4v) is 4.29. The first kappa shape index (κ1) is 22.3. The van der Waals surface area contributed by atoms with Crippen LogP contribution >= 0.6 is 23.2 Å². The Labute approximate surface area is 192 Å². The standard InChI is InChI=1S/C22H27Cl2N5O2/c23-17-3-4-19(28-21(17)27-11-14-5-8-31-9-6-14)16-10-20(26-13-18(16)24)29-22(30)15-2-1-7-25-12-15/h3-4,10,13-15,25H,1-2,5-9,11-12H2,(H,27,28)(H,26,29,30)/t15-/m1/s1. The molecule has 4 heterocycles. The van der Waals surface area contributed by atoms with Crippen molar-refractivity contribution >= 4 is 40.7 Å². The van der Waals surface area contributed by atoms with Crippen molar-refractivity contribution in [3.8, 4) is 11.3 Å². The summed E-state index contributed by atoms with van der Waals surface area (Å²) < 4.78 is 5.42. The fourth-order valence-electron chi connectivity index (χ4n) is 3.91. The van der Waals surface area contributed by atoms with Gasteiger partial charge in [0.1, 0.15) is 11.6 Å². The number of anilines is 2. The number of piperidine rings is 1. The monoisotopic (exact) mass is 463 g/mol. The van der Waals surface area contributed by atoms with E-state index in [1.165, 1.54) is 6.20 Å². The average molecular weight is 464 g/mol. The van der Waals surface area contributed by atoms with Crippen molar-refractivity contribution in [3.05, 3.63) is 34.4 Å². The first-order valence-electron chi connectivity index (χ1n) is 10.8. The number of ether oxygens (including phenoxy) is 1. The first-order valence-corrected chi connectivity index (χ1v) is 11.5. The highest BCUT2D eigenvalue weighted by atomic mass is 35.5. The number of hydrogen-bond acceptors (Lipinski definition) is 6. The second-order valence-corrected chi connectivity index (χ2v) is 8.86. The second-order valence-electron chi connectivity index (χ2n) is 8.05. The second kappa shape index (κ2) is 10.6. The minimum Gasteiger partial charge on any atom is -0.381 e. The van der Waals surface area contributed by atoms with Crippen LogP contribution in [0.4, 0.5) is 11.6 Å². The molecule has 2 aromatic rings. The highest BCUT2D eigenvalue weighted by molar-refractivity contribution is 6.34. The van der Waals surface area contributed by atoms with Crippen LogP contribution in [0.25, 0.3) is 11.3 Å². The predicted octanol–water partition coefficient (Wildman–Crippen LogP) is 4.23. The highest BCUT2D eigenvalue weighted by Gasteiger charge is 2.22. The largest absolute Gasteiger partial charge is 0.381 e. The van der Waals surface area contributed by atoms with Crippen LogP contribution in [0.15, 0.2) is 24.4 Å². The number of nitrogens with zero attached hydrogens (tertiary/aromatic N) is 2. The van der Waals surface area contributed by atoms with Crippen LogP contribution in [0, 0.1) is 11.8 Å². The van der Waals surface area contributed by atoms with Crippen molar-refractivity contribution in [2.45, 2.75) is 25.7 Å². The van der Waals surface area contributed by atoms with Crippen molar-refractivity contribution in [1.29, 1.82) is 0 Å². The van der Waals surface area contributed by atoms with Gasteiger partial charge in [-0.1, -0.05) is 23.2 Å². The third-order valence-corrected chi connectivity index (χ3v) is 6.40. The molecule has 2 aromatic heterocycles. The van der Waals surface area contributed by atoms with Crippen molar-refractivity contribution in [1.82, 2.24) is 15.3 Å². The molecule has 2 aliphatic rings. The summed E-state index contributed by atoms with van der Waals surface area (Å²) in [5, 5.41) is 10.6. The van der Waals surface area contributed by atoms with Gasteiger partial charge in [0.15, 0.2) is 0 Å². The van der Waals surface area contributed by atoms with Crippen LogP contribution in [-0.2, 0) is 9.53 Å². The lowest BCUT2D eigenvalue weighted by atomic mass is 9.99. The maximum atomic E-state index is 12.6. The first-order chi connectivity index (χ1) is 15.1. The molecule has 2 fully saturated rings. The molecule has 7 nitrogen and oxygen atoms in total. The van der Waals surface area contributed by atoms with Crippen LogP contribution in [0.5, 0.6) is 0 Å². The number of rotatable bonds is 6. The third-order valence-electron chi connectivity index (χ3n) is 5.80. The summed E-state index contributed by atoms with van der Waals surface area (Å²) in [6.07, 6.45) is 5.47. The van der Waals surface area contributed by atoms with Gasteiger partial charge in [0.05, 0.1) is 21.7 Å². The van der Waals surface area contributed by atoms with Crippen molar-refractivity contribution in [2.24, 2.45) is 11.8 Å². The van der Waals surface area contributed by atoms with Crippen LogP contribution in [0.3, 0.4) is 0 Å². The Kier molecular flexibility index (Phi) is 7.61. The maximum absolute atomic E-state index is 12.6. The van der Waals surface area contributed by atoms with Gasteiger partial charge in [-0.25, -0.2) is 9.97 Å². The van der Waals surface area contributed by atoms with Crippen LogP contribution < -0.4 is 16.0 Å². The molecule has 0 bridgehead atoms. The van der Waals surface area contributed by atoms with Crippen molar-refractivity contribution in [3.63, 3.8) is 0 Å². The smallest absolute Gasteiger partial charge is 0.229 e. The molecule has 0 unspecified atom stereocenters. The predicted molar refractivity (Wildman–Crippen MR) is 124 cm³/mol.